The maximum atomic E-state index is 12.0. The lowest BCUT2D eigenvalue weighted by Gasteiger charge is -2.10. The molecule has 0 fully saturated rings. The molecule has 0 aliphatic carbocycles. The molecule has 0 atom stereocenters. The number of carbonyl (C=O) groups is 1. The third-order valence-corrected chi connectivity index (χ3v) is 3.17. The minimum Gasteiger partial charge on any atom is -0.497 e. The molecule has 0 saturated heterocycles. The van der Waals surface area contributed by atoms with Crippen LogP contribution in [0.15, 0.2) is 42.5 Å². The molecular formula is C16H16ClNO3. The number of hydrogen-bond donors (Lipinski definition) is 1. The van der Waals surface area contributed by atoms with Crippen LogP contribution in [0.1, 0.15) is 5.56 Å². The first-order chi connectivity index (χ1) is 10.1. The minimum absolute atomic E-state index is 0.118. The van der Waals surface area contributed by atoms with Gasteiger partial charge in [-0.3, -0.25) is 4.79 Å². The number of benzene rings is 2. The molecule has 5 heteroatoms. The average Bonchev–Trinajstić information content (AvgIpc) is 2.49. The summed E-state index contributed by atoms with van der Waals surface area (Å²) < 4.78 is 10.3. The van der Waals surface area contributed by atoms with Crippen LogP contribution in [0, 0.1) is 0 Å². The molecule has 1 amide bonds. The molecule has 2 aromatic rings. The normalized spacial score (nSPS) is 10.0. The number of hydrogen-bond acceptors (Lipinski definition) is 3. The fourth-order valence-electron chi connectivity index (χ4n) is 1.87. The van der Waals surface area contributed by atoms with E-state index < -0.39 is 0 Å². The van der Waals surface area contributed by atoms with Crippen LogP contribution in [0.4, 0.5) is 5.69 Å². The van der Waals surface area contributed by atoms with Crippen molar-refractivity contribution < 1.29 is 14.3 Å². The van der Waals surface area contributed by atoms with Gasteiger partial charge in [0.2, 0.25) is 5.91 Å². The minimum atomic E-state index is -0.118. The van der Waals surface area contributed by atoms with Crippen molar-refractivity contribution in [3.63, 3.8) is 0 Å². The van der Waals surface area contributed by atoms with Crippen molar-refractivity contribution >= 4 is 23.2 Å². The monoisotopic (exact) mass is 305 g/mol. The molecule has 0 radical (unpaired) electrons. The fraction of sp³-hybridized carbons (Fsp3) is 0.188. The second kappa shape index (κ2) is 6.99. The van der Waals surface area contributed by atoms with E-state index in [2.05, 4.69) is 5.32 Å². The first-order valence-electron chi connectivity index (χ1n) is 6.38. The number of halogens is 1. The zero-order chi connectivity index (χ0) is 15.2. The molecule has 0 aliphatic rings. The van der Waals surface area contributed by atoms with E-state index in [4.69, 9.17) is 21.1 Å². The summed E-state index contributed by atoms with van der Waals surface area (Å²) in [7, 11) is 3.13. The van der Waals surface area contributed by atoms with E-state index in [1.807, 2.05) is 12.1 Å². The summed E-state index contributed by atoms with van der Waals surface area (Å²) in [5.41, 5.74) is 1.52. The molecular weight excluding hydrogens is 290 g/mol. The smallest absolute Gasteiger partial charge is 0.228 e. The SMILES string of the molecule is COc1cc(NC(=O)Cc2ccc(Cl)cc2)cc(OC)c1. The Balaban J connectivity index is 2.06. The van der Waals surface area contributed by atoms with E-state index in [1.165, 1.54) is 0 Å². The summed E-state index contributed by atoms with van der Waals surface area (Å²) in [5, 5.41) is 3.47. The van der Waals surface area contributed by atoms with Gasteiger partial charge in [-0.05, 0) is 17.7 Å². The summed E-state index contributed by atoms with van der Waals surface area (Å²) in [5.74, 6) is 1.12. The highest BCUT2D eigenvalue weighted by Gasteiger charge is 2.07. The third kappa shape index (κ3) is 4.39. The second-order valence-corrected chi connectivity index (χ2v) is 4.89. The summed E-state index contributed by atoms with van der Waals surface area (Å²) >= 11 is 5.82. The molecule has 0 spiro atoms. The summed E-state index contributed by atoms with van der Waals surface area (Å²) in [6.07, 6.45) is 0.274. The summed E-state index contributed by atoms with van der Waals surface area (Å²) in [6, 6.07) is 12.4. The quantitative estimate of drug-likeness (QED) is 0.919. The van der Waals surface area contributed by atoms with Gasteiger partial charge in [0.15, 0.2) is 0 Å². The number of ether oxygens (including phenoxy) is 2. The number of nitrogens with one attached hydrogen (secondary N) is 1. The Hall–Kier alpha value is -2.20. The van der Waals surface area contributed by atoms with Gasteiger partial charge in [0.05, 0.1) is 20.6 Å². The maximum absolute atomic E-state index is 12.0. The van der Waals surface area contributed by atoms with Crippen molar-refractivity contribution in [3.8, 4) is 11.5 Å². The van der Waals surface area contributed by atoms with E-state index in [1.54, 1.807) is 44.6 Å². The predicted molar refractivity (Wildman–Crippen MR) is 83.3 cm³/mol. The lowest BCUT2D eigenvalue weighted by molar-refractivity contribution is -0.115. The number of carbonyl (C=O) groups excluding carboxylic acids is 1. The Morgan fingerprint density at radius 2 is 1.62 bits per heavy atom. The highest BCUT2D eigenvalue weighted by molar-refractivity contribution is 6.30. The Labute approximate surface area is 128 Å². The van der Waals surface area contributed by atoms with E-state index in [9.17, 15) is 4.79 Å². The molecule has 0 unspecified atom stereocenters. The number of anilines is 1. The Morgan fingerprint density at radius 3 is 2.14 bits per heavy atom. The van der Waals surface area contributed by atoms with Crippen molar-refractivity contribution in [1.82, 2.24) is 0 Å². The van der Waals surface area contributed by atoms with E-state index in [0.717, 1.165) is 5.56 Å². The van der Waals surface area contributed by atoms with Gasteiger partial charge >= 0.3 is 0 Å². The summed E-state index contributed by atoms with van der Waals surface area (Å²) in [4.78, 5) is 12.0. The molecule has 21 heavy (non-hydrogen) atoms. The molecule has 110 valence electrons. The standard InChI is InChI=1S/C16H16ClNO3/c1-20-14-8-13(9-15(10-14)21-2)18-16(19)7-11-3-5-12(17)6-4-11/h3-6,8-10H,7H2,1-2H3,(H,18,19). The van der Waals surface area contributed by atoms with Gasteiger partial charge in [-0.25, -0.2) is 0 Å². The molecule has 0 aliphatic heterocycles. The topological polar surface area (TPSA) is 47.6 Å². The average molecular weight is 306 g/mol. The van der Waals surface area contributed by atoms with Crippen molar-refractivity contribution in [3.05, 3.63) is 53.1 Å². The maximum Gasteiger partial charge on any atom is 0.228 e. The Bertz CT molecular complexity index is 604. The van der Waals surface area contributed by atoms with E-state index in [-0.39, 0.29) is 12.3 Å². The van der Waals surface area contributed by atoms with Gasteiger partial charge in [-0.1, -0.05) is 23.7 Å². The van der Waals surface area contributed by atoms with Crippen LogP contribution < -0.4 is 14.8 Å². The first kappa shape index (κ1) is 15.2. The first-order valence-corrected chi connectivity index (χ1v) is 6.76. The second-order valence-electron chi connectivity index (χ2n) is 4.45. The van der Waals surface area contributed by atoms with Crippen LogP contribution in [0.5, 0.6) is 11.5 Å². The Morgan fingerprint density at radius 1 is 1.05 bits per heavy atom. The van der Waals surface area contributed by atoms with Gasteiger partial charge in [0.25, 0.3) is 0 Å². The van der Waals surface area contributed by atoms with Crippen molar-refractivity contribution in [2.45, 2.75) is 6.42 Å². The van der Waals surface area contributed by atoms with Gasteiger partial charge in [0.1, 0.15) is 11.5 Å². The van der Waals surface area contributed by atoms with E-state index in [0.29, 0.717) is 22.2 Å². The van der Waals surface area contributed by atoms with Crippen LogP contribution in [-0.4, -0.2) is 20.1 Å². The lowest BCUT2D eigenvalue weighted by Crippen LogP contribution is -2.14. The molecule has 0 saturated carbocycles. The lowest BCUT2D eigenvalue weighted by atomic mass is 10.1. The van der Waals surface area contributed by atoms with Crippen molar-refractivity contribution in [2.75, 3.05) is 19.5 Å². The van der Waals surface area contributed by atoms with Gasteiger partial charge in [-0.2, -0.15) is 0 Å². The van der Waals surface area contributed by atoms with Crippen LogP contribution in [0.2, 0.25) is 5.02 Å². The molecule has 0 aromatic heterocycles. The zero-order valence-corrected chi connectivity index (χ0v) is 12.6. The molecule has 0 bridgehead atoms. The highest BCUT2D eigenvalue weighted by Crippen LogP contribution is 2.25. The van der Waals surface area contributed by atoms with Crippen LogP contribution in [0.25, 0.3) is 0 Å². The number of rotatable bonds is 5. The fourth-order valence-corrected chi connectivity index (χ4v) is 2.00. The molecule has 1 N–H and O–H groups in total. The molecule has 2 aromatic carbocycles. The third-order valence-electron chi connectivity index (χ3n) is 2.91. The molecule has 2 rings (SSSR count). The molecule has 0 heterocycles. The van der Waals surface area contributed by atoms with Crippen molar-refractivity contribution in [1.29, 1.82) is 0 Å². The number of methoxy groups -OCH3 is 2. The summed E-state index contributed by atoms with van der Waals surface area (Å²) in [6.45, 7) is 0. The van der Waals surface area contributed by atoms with Crippen LogP contribution >= 0.6 is 11.6 Å². The highest BCUT2D eigenvalue weighted by atomic mass is 35.5. The molecule has 4 nitrogen and oxygen atoms in total. The zero-order valence-electron chi connectivity index (χ0n) is 11.9. The number of amides is 1. The Kier molecular flexibility index (Phi) is 5.06. The van der Waals surface area contributed by atoms with Crippen LogP contribution in [-0.2, 0) is 11.2 Å². The largest absolute Gasteiger partial charge is 0.497 e. The predicted octanol–water partition coefficient (Wildman–Crippen LogP) is 3.54. The van der Waals surface area contributed by atoms with Gasteiger partial charge in [0, 0.05) is 28.9 Å². The van der Waals surface area contributed by atoms with Crippen LogP contribution in [0.3, 0.4) is 0 Å². The van der Waals surface area contributed by atoms with Crippen molar-refractivity contribution in [2.24, 2.45) is 0 Å². The van der Waals surface area contributed by atoms with E-state index >= 15 is 0 Å². The van der Waals surface area contributed by atoms with Gasteiger partial charge in [-0.15, -0.1) is 0 Å². The van der Waals surface area contributed by atoms with Gasteiger partial charge < -0.3 is 14.8 Å².